The Morgan fingerprint density at radius 3 is 1.29 bits per heavy atom. The minimum Gasteiger partial charge on any atom is -0.391 e. The average molecular weight is 360 g/mol. The van der Waals surface area contributed by atoms with E-state index >= 15 is 0 Å². The van der Waals surface area contributed by atoms with E-state index < -0.39 is 46.3 Å². The number of rotatable bonds is 4. The van der Waals surface area contributed by atoms with Crippen LogP contribution in [-0.4, -0.2) is 80.5 Å². The average Bonchev–Trinajstić information content (AvgIpc) is 2.21. The second kappa shape index (κ2) is 11.3. The first-order valence-electron chi connectivity index (χ1n) is 4.75. The van der Waals surface area contributed by atoms with Crippen LogP contribution in [0.2, 0.25) is 0 Å². The first-order chi connectivity index (χ1) is 9.00. The van der Waals surface area contributed by atoms with Crippen molar-refractivity contribution in [2.75, 3.05) is 6.61 Å². The molecule has 0 heterocycles. The number of aliphatic hydroxyl groups excluding tert-OH is 4. The number of hydrogen-bond donors (Lipinski definition) is 10. The zero-order valence-corrected chi connectivity index (χ0v) is 12.3. The van der Waals surface area contributed by atoms with E-state index in [0.29, 0.717) is 0 Å². The molecule has 13 nitrogen and oxygen atoms in total. The first kappa shape index (κ1) is 25.7. The molecule has 0 aromatic heterocycles. The molecular formula is C6H18O13P2. The number of hydrogen-bond acceptors (Lipinski definition) is 7. The standard InChI is InChI=1S/C6H12O5.2H3O4P/c1-3(8)5(10)6(11)4(9)2-7;2*1-5(2,3)4/h3,5-8,10-11H,2H2,1H3;2*(H3,1,2,3,4)/t3-,5+,6+;;/m0../s1. The molecule has 0 aromatic carbocycles. The third kappa shape index (κ3) is 32.9. The molecule has 0 radical (unpaired) electrons. The van der Waals surface area contributed by atoms with Gasteiger partial charge in [0.2, 0.25) is 0 Å². The molecule has 0 unspecified atom stereocenters. The molecule has 3 atom stereocenters. The van der Waals surface area contributed by atoms with Gasteiger partial charge < -0.3 is 49.8 Å². The molecule has 0 rings (SSSR count). The summed E-state index contributed by atoms with van der Waals surface area (Å²) in [5.41, 5.74) is 0. The Labute approximate surface area is 118 Å². The smallest absolute Gasteiger partial charge is 0.391 e. The lowest BCUT2D eigenvalue weighted by Gasteiger charge is -2.17. The molecule has 0 spiro atoms. The predicted molar refractivity (Wildman–Crippen MR) is 64.3 cm³/mol. The fraction of sp³-hybridized carbons (Fsp3) is 0.833. The molecule has 0 fully saturated rings. The van der Waals surface area contributed by atoms with Gasteiger partial charge >= 0.3 is 15.6 Å². The Morgan fingerprint density at radius 2 is 1.14 bits per heavy atom. The Bertz CT molecular complexity index is 332. The second-order valence-electron chi connectivity index (χ2n) is 3.33. The summed E-state index contributed by atoms with van der Waals surface area (Å²) in [4.78, 5) is 53.6. The zero-order valence-electron chi connectivity index (χ0n) is 10.5. The maximum atomic E-state index is 10.5. The van der Waals surface area contributed by atoms with Gasteiger partial charge in [-0.05, 0) is 6.92 Å². The minimum absolute atomic E-state index is 0.842. The van der Waals surface area contributed by atoms with E-state index in [1.54, 1.807) is 0 Å². The molecule has 15 heteroatoms. The highest BCUT2D eigenvalue weighted by Crippen LogP contribution is 2.26. The van der Waals surface area contributed by atoms with Crippen molar-refractivity contribution >= 4 is 21.4 Å². The maximum absolute atomic E-state index is 10.5. The number of aliphatic hydroxyl groups is 4. The summed E-state index contributed by atoms with van der Waals surface area (Å²) in [6, 6.07) is 0. The molecular weight excluding hydrogens is 342 g/mol. The van der Waals surface area contributed by atoms with Gasteiger partial charge in [0.05, 0.1) is 6.10 Å². The monoisotopic (exact) mass is 360 g/mol. The highest BCUT2D eigenvalue weighted by atomic mass is 31.2. The Morgan fingerprint density at radius 1 is 0.905 bits per heavy atom. The molecule has 21 heavy (non-hydrogen) atoms. The third-order valence-corrected chi connectivity index (χ3v) is 1.30. The summed E-state index contributed by atoms with van der Waals surface area (Å²) in [7, 11) is -9.28. The highest BCUT2D eigenvalue weighted by molar-refractivity contribution is 7.45. The topological polar surface area (TPSA) is 254 Å². The molecule has 0 amide bonds. The van der Waals surface area contributed by atoms with Crippen LogP contribution in [0.1, 0.15) is 6.92 Å². The van der Waals surface area contributed by atoms with Crippen molar-refractivity contribution in [3.05, 3.63) is 0 Å². The SMILES string of the molecule is C[C@H](O)[C@@H](O)[C@H](O)C(=O)CO.O=P(O)(O)O.O=P(O)(O)O. The van der Waals surface area contributed by atoms with Crippen LogP contribution in [-0.2, 0) is 13.9 Å². The Kier molecular flexibility index (Phi) is 13.8. The van der Waals surface area contributed by atoms with Gasteiger partial charge in [-0.3, -0.25) is 4.79 Å². The van der Waals surface area contributed by atoms with Crippen LogP contribution in [0.5, 0.6) is 0 Å². The van der Waals surface area contributed by atoms with Crippen LogP contribution in [0, 0.1) is 0 Å². The summed E-state index contributed by atoms with van der Waals surface area (Å²) < 4.78 is 17.8. The van der Waals surface area contributed by atoms with Crippen molar-refractivity contribution < 1.29 is 63.7 Å². The second-order valence-corrected chi connectivity index (χ2v) is 5.38. The van der Waals surface area contributed by atoms with Crippen molar-refractivity contribution in [3.8, 4) is 0 Å². The van der Waals surface area contributed by atoms with Gasteiger partial charge in [0.15, 0.2) is 5.78 Å². The van der Waals surface area contributed by atoms with E-state index in [-0.39, 0.29) is 0 Å². The van der Waals surface area contributed by atoms with E-state index in [2.05, 4.69) is 0 Å². The fourth-order valence-electron chi connectivity index (χ4n) is 0.548. The van der Waals surface area contributed by atoms with Gasteiger partial charge in [0.1, 0.15) is 18.8 Å². The lowest BCUT2D eigenvalue weighted by Crippen LogP contribution is -2.42. The van der Waals surface area contributed by atoms with Crippen molar-refractivity contribution in [1.29, 1.82) is 0 Å². The van der Waals surface area contributed by atoms with Gasteiger partial charge in [-0.25, -0.2) is 9.13 Å². The summed E-state index contributed by atoms with van der Waals surface area (Å²) in [5, 5.41) is 34.6. The normalized spacial score (nSPS) is 15.6. The van der Waals surface area contributed by atoms with E-state index in [4.69, 9.17) is 58.9 Å². The number of phosphoric acid groups is 2. The van der Waals surface area contributed by atoms with Crippen LogP contribution < -0.4 is 0 Å². The van der Waals surface area contributed by atoms with E-state index in [9.17, 15) is 4.79 Å². The maximum Gasteiger partial charge on any atom is 0.466 e. The number of ketones is 1. The Hall–Kier alpha value is -0.270. The fourth-order valence-corrected chi connectivity index (χ4v) is 0.548. The van der Waals surface area contributed by atoms with Gasteiger partial charge in [-0.2, -0.15) is 0 Å². The largest absolute Gasteiger partial charge is 0.466 e. The van der Waals surface area contributed by atoms with E-state index in [1.165, 1.54) is 6.92 Å². The lowest BCUT2D eigenvalue weighted by atomic mass is 10.1. The Balaban J connectivity index is -0.000000270. The van der Waals surface area contributed by atoms with Crippen molar-refractivity contribution in [2.24, 2.45) is 0 Å². The number of carbonyl (C=O) groups is 1. The van der Waals surface area contributed by atoms with Crippen LogP contribution >= 0.6 is 15.6 Å². The summed E-state index contributed by atoms with van der Waals surface area (Å²) in [6.07, 6.45) is -4.44. The van der Waals surface area contributed by atoms with Gasteiger partial charge in [-0.15, -0.1) is 0 Å². The third-order valence-electron chi connectivity index (χ3n) is 1.30. The molecule has 0 aliphatic heterocycles. The molecule has 0 aliphatic carbocycles. The van der Waals surface area contributed by atoms with Gasteiger partial charge in [0, 0.05) is 0 Å². The number of Topliss-reactive ketones (excluding diaryl/α,β-unsaturated/α-hetero) is 1. The summed E-state index contributed by atoms with van der Waals surface area (Å²) in [5.74, 6) is -0.904. The van der Waals surface area contributed by atoms with Gasteiger partial charge in [-0.1, -0.05) is 0 Å². The molecule has 130 valence electrons. The highest BCUT2D eigenvalue weighted by Gasteiger charge is 2.26. The van der Waals surface area contributed by atoms with E-state index in [0.717, 1.165) is 0 Å². The van der Waals surface area contributed by atoms with Crippen molar-refractivity contribution in [1.82, 2.24) is 0 Å². The van der Waals surface area contributed by atoms with Crippen LogP contribution in [0.3, 0.4) is 0 Å². The summed E-state index contributed by atoms with van der Waals surface area (Å²) >= 11 is 0. The predicted octanol–water partition coefficient (Wildman–Crippen LogP) is -4.21. The van der Waals surface area contributed by atoms with Crippen molar-refractivity contribution in [3.63, 3.8) is 0 Å². The molecule has 0 aromatic rings. The van der Waals surface area contributed by atoms with Crippen LogP contribution in [0.25, 0.3) is 0 Å². The molecule has 0 saturated carbocycles. The molecule has 0 bridgehead atoms. The quantitative estimate of drug-likeness (QED) is 0.214. The minimum atomic E-state index is -4.64. The van der Waals surface area contributed by atoms with Crippen molar-refractivity contribution in [2.45, 2.75) is 25.2 Å². The molecule has 10 N–H and O–H groups in total. The molecule has 0 aliphatic rings. The van der Waals surface area contributed by atoms with Crippen LogP contribution in [0.15, 0.2) is 0 Å². The number of carbonyl (C=O) groups excluding carboxylic acids is 1. The summed E-state index contributed by atoms with van der Waals surface area (Å²) in [6.45, 7) is 0.392. The lowest BCUT2D eigenvalue weighted by molar-refractivity contribution is -0.140. The van der Waals surface area contributed by atoms with Gasteiger partial charge in [0.25, 0.3) is 0 Å². The zero-order chi connectivity index (χ0) is 18.0. The van der Waals surface area contributed by atoms with E-state index in [1.807, 2.05) is 0 Å². The molecule has 0 saturated heterocycles. The van der Waals surface area contributed by atoms with Crippen LogP contribution in [0.4, 0.5) is 0 Å². The first-order valence-corrected chi connectivity index (χ1v) is 7.88.